The zero-order valence-electron chi connectivity index (χ0n) is 8.19. The van der Waals surface area contributed by atoms with E-state index in [2.05, 4.69) is 10.4 Å². The number of aryl methyl sites for hydroxylation is 2. The molecule has 0 amide bonds. The number of rotatable bonds is 4. The summed E-state index contributed by atoms with van der Waals surface area (Å²) in [7, 11) is 1.82. The highest BCUT2D eigenvalue weighted by Gasteiger charge is 2.02. The van der Waals surface area contributed by atoms with Crippen molar-refractivity contribution in [3.8, 4) is 0 Å². The number of anilines is 1. The summed E-state index contributed by atoms with van der Waals surface area (Å²) < 4.78 is 1.69. The summed E-state index contributed by atoms with van der Waals surface area (Å²) in [5, 5.41) is 15.4. The van der Waals surface area contributed by atoms with Gasteiger partial charge < -0.3 is 10.4 Å². The number of nitrogens with one attached hydrogen (secondary N) is 1. The molecule has 0 unspecified atom stereocenters. The highest BCUT2D eigenvalue weighted by atomic mass is 16.4. The standard InChI is InChI=1S/C9H13N3O2/c1-3-7-8(6-12(2)11-7)10-5-4-9(13)14/h4-6,10H,3H2,1-2H3,(H,13,14)/b5-4+. The van der Waals surface area contributed by atoms with Gasteiger partial charge in [-0.15, -0.1) is 0 Å². The first-order valence-electron chi connectivity index (χ1n) is 4.32. The number of aromatic nitrogens is 2. The Labute approximate surface area is 82.0 Å². The number of aliphatic carboxylic acids is 1. The number of hydrogen-bond donors (Lipinski definition) is 2. The van der Waals surface area contributed by atoms with E-state index in [0.29, 0.717) is 0 Å². The van der Waals surface area contributed by atoms with Crippen molar-refractivity contribution in [2.24, 2.45) is 7.05 Å². The van der Waals surface area contributed by atoms with Gasteiger partial charge in [0.05, 0.1) is 11.4 Å². The third kappa shape index (κ3) is 2.62. The van der Waals surface area contributed by atoms with Crippen LogP contribution in [0.2, 0.25) is 0 Å². The Balaban J connectivity index is 2.70. The van der Waals surface area contributed by atoms with Crippen LogP contribution in [0.15, 0.2) is 18.5 Å². The molecule has 0 fully saturated rings. The molecule has 1 rings (SSSR count). The molecule has 0 saturated carbocycles. The van der Waals surface area contributed by atoms with Crippen molar-refractivity contribution in [3.05, 3.63) is 24.2 Å². The molecular formula is C9H13N3O2. The molecule has 1 aromatic heterocycles. The van der Waals surface area contributed by atoms with Gasteiger partial charge in [-0.1, -0.05) is 6.92 Å². The lowest BCUT2D eigenvalue weighted by molar-refractivity contribution is -0.131. The predicted molar refractivity (Wildman–Crippen MR) is 53.0 cm³/mol. The van der Waals surface area contributed by atoms with Crippen LogP contribution in [-0.2, 0) is 18.3 Å². The molecule has 14 heavy (non-hydrogen) atoms. The van der Waals surface area contributed by atoms with Crippen LogP contribution in [0.4, 0.5) is 5.69 Å². The Bertz CT molecular complexity index is 355. The molecule has 0 bridgehead atoms. The minimum absolute atomic E-state index is 0.810. The quantitative estimate of drug-likeness (QED) is 0.703. The highest BCUT2D eigenvalue weighted by Crippen LogP contribution is 2.13. The second-order valence-electron chi connectivity index (χ2n) is 2.83. The summed E-state index contributed by atoms with van der Waals surface area (Å²) in [5.74, 6) is -0.973. The summed E-state index contributed by atoms with van der Waals surface area (Å²) >= 11 is 0. The van der Waals surface area contributed by atoms with Crippen molar-refractivity contribution in [1.29, 1.82) is 0 Å². The average molecular weight is 195 g/mol. The van der Waals surface area contributed by atoms with E-state index < -0.39 is 5.97 Å². The van der Waals surface area contributed by atoms with Gasteiger partial charge in [0.1, 0.15) is 0 Å². The molecule has 0 aliphatic carbocycles. The molecule has 76 valence electrons. The second-order valence-corrected chi connectivity index (χ2v) is 2.83. The Hall–Kier alpha value is -1.78. The normalized spacial score (nSPS) is 10.7. The van der Waals surface area contributed by atoms with Crippen LogP contribution in [0.1, 0.15) is 12.6 Å². The van der Waals surface area contributed by atoms with Crippen LogP contribution < -0.4 is 5.32 Å². The lowest BCUT2D eigenvalue weighted by atomic mass is 10.3. The van der Waals surface area contributed by atoms with Crippen LogP contribution in [-0.4, -0.2) is 20.9 Å². The fraction of sp³-hybridized carbons (Fsp3) is 0.333. The van der Waals surface area contributed by atoms with Gasteiger partial charge in [-0.3, -0.25) is 4.68 Å². The minimum atomic E-state index is -0.973. The van der Waals surface area contributed by atoms with Crippen LogP contribution in [0.5, 0.6) is 0 Å². The molecule has 0 spiro atoms. The molecule has 2 N–H and O–H groups in total. The van der Waals surface area contributed by atoms with Crippen LogP contribution in [0.25, 0.3) is 0 Å². The Kier molecular flexibility index (Phi) is 3.28. The smallest absolute Gasteiger partial charge is 0.329 e. The molecule has 0 aromatic carbocycles. The molecular weight excluding hydrogens is 182 g/mol. The fourth-order valence-corrected chi connectivity index (χ4v) is 1.12. The van der Waals surface area contributed by atoms with Crippen molar-refractivity contribution in [2.45, 2.75) is 13.3 Å². The minimum Gasteiger partial charge on any atom is -0.478 e. The van der Waals surface area contributed by atoms with E-state index >= 15 is 0 Å². The van der Waals surface area contributed by atoms with Crippen molar-refractivity contribution in [1.82, 2.24) is 9.78 Å². The number of carbonyl (C=O) groups is 1. The van der Waals surface area contributed by atoms with Crippen LogP contribution >= 0.6 is 0 Å². The third-order valence-corrected chi connectivity index (χ3v) is 1.70. The maximum atomic E-state index is 10.2. The molecule has 0 atom stereocenters. The van der Waals surface area contributed by atoms with Gasteiger partial charge in [-0.2, -0.15) is 5.10 Å². The molecule has 0 aliphatic rings. The van der Waals surface area contributed by atoms with E-state index in [1.165, 1.54) is 6.20 Å². The first-order valence-corrected chi connectivity index (χ1v) is 4.32. The van der Waals surface area contributed by atoms with Crippen LogP contribution in [0, 0.1) is 0 Å². The second kappa shape index (κ2) is 4.45. The largest absolute Gasteiger partial charge is 0.478 e. The first-order chi connectivity index (χ1) is 6.63. The van der Waals surface area contributed by atoms with Crippen LogP contribution in [0.3, 0.4) is 0 Å². The van der Waals surface area contributed by atoms with Gasteiger partial charge >= 0.3 is 5.97 Å². The maximum absolute atomic E-state index is 10.2. The van der Waals surface area contributed by atoms with Gasteiger partial charge in [0.25, 0.3) is 0 Å². The van der Waals surface area contributed by atoms with E-state index in [-0.39, 0.29) is 0 Å². The van der Waals surface area contributed by atoms with Gasteiger partial charge in [0, 0.05) is 25.5 Å². The van der Waals surface area contributed by atoms with E-state index in [0.717, 1.165) is 23.9 Å². The molecule has 1 heterocycles. The van der Waals surface area contributed by atoms with Crippen molar-refractivity contribution >= 4 is 11.7 Å². The Morgan fingerprint density at radius 3 is 3.07 bits per heavy atom. The molecule has 0 saturated heterocycles. The molecule has 0 aliphatic heterocycles. The van der Waals surface area contributed by atoms with E-state index in [1.807, 2.05) is 20.2 Å². The number of hydrogen-bond acceptors (Lipinski definition) is 3. The SMILES string of the molecule is CCc1nn(C)cc1N/C=C/C(=O)O. The first kappa shape index (κ1) is 10.3. The maximum Gasteiger partial charge on any atom is 0.329 e. The zero-order valence-corrected chi connectivity index (χ0v) is 8.19. The number of carboxylic acids is 1. The Morgan fingerprint density at radius 1 is 1.79 bits per heavy atom. The molecule has 5 heteroatoms. The Morgan fingerprint density at radius 2 is 2.50 bits per heavy atom. The molecule has 5 nitrogen and oxygen atoms in total. The predicted octanol–water partition coefficient (Wildman–Crippen LogP) is 0.993. The van der Waals surface area contributed by atoms with E-state index in [4.69, 9.17) is 5.11 Å². The zero-order chi connectivity index (χ0) is 10.6. The number of nitrogens with zero attached hydrogens (tertiary/aromatic N) is 2. The van der Waals surface area contributed by atoms with Gasteiger partial charge in [0.2, 0.25) is 0 Å². The lowest BCUT2D eigenvalue weighted by Gasteiger charge is -1.96. The van der Waals surface area contributed by atoms with E-state index in [1.54, 1.807) is 4.68 Å². The van der Waals surface area contributed by atoms with E-state index in [9.17, 15) is 4.79 Å². The van der Waals surface area contributed by atoms with Gasteiger partial charge in [-0.25, -0.2) is 4.79 Å². The highest BCUT2D eigenvalue weighted by molar-refractivity contribution is 5.80. The average Bonchev–Trinajstić information content (AvgIpc) is 2.45. The summed E-state index contributed by atoms with van der Waals surface area (Å²) in [5.41, 5.74) is 1.76. The summed E-state index contributed by atoms with van der Waals surface area (Å²) in [4.78, 5) is 10.2. The summed E-state index contributed by atoms with van der Waals surface area (Å²) in [6, 6.07) is 0. The monoisotopic (exact) mass is 195 g/mol. The van der Waals surface area contributed by atoms with Crippen molar-refractivity contribution in [2.75, 3.05) is 5.32 Å². The molecule has 0 radical (unpaired) electrons. The summed E-state index contributed by atoms with van der Waals surface area (Å²) in [6.07, 6.45) is 5.06. The fourth-order valence-electron chi connectivity index (χ4n) is 1.12. The topological polar surface area (TPSA) is 67.2 Å². The number of carboxylic acid groups (broad SMARTS) is 1. The summed E-state index contributed by atoms with van der Waals surface area (Å²) in [6.45, 7) is 1.99. The van der Waals surface area contributed by atoms with Crippen molar-refractivity contribution in [3.63, 3.8) is 0 Å². The van der Waals surface area contributed by atoms with Crippen molar-refractivity contribution < 1.29 is 9.90 Å². The van der Waals surface area contributed by atoms with Gasteiger partial charge in [0.15, 0.2) is 0 Å². The lowest BCUT2D eigenvalue weighted by Crippen LogP contribution is -1.94. The molecule has 1 aromatic rings. The van der Waals surface area contributed by atoms with Gasteiger partial charge in [-0.05, 0) is 6.42 Å². The third-order valence-electron chi connectivity index (χ3n) is 1.70.